The number of hydrogen-bond acceptors (Lipinski definition) is 3. The van der Waals surface area contributed by atoms with Crippen molar-refractivity contribution in [3.8, 4) is 0 Å². The smallest absolute Gasteiger partial charge is 0.221 e. The van der Waals surface area contributed by atoms with E-state index in [9.17, 15) is 4.79 Å². The largest absolute Gasteiger partial charge is 0.356 e. The van der Waals surface area contributed by atoms with Gasteiger partial charge in [0, 0.05) is 45.0 Å². The number of hydrogen-bond donors (Lipinski definition) is 1. The van der Waals surface area contributed by atoms with Crippen LogP contribution in [0.25, 0.3) is 0 Å². The Bertz CT molecular complexity index is 408. The second-order valence-electron chi connectivity index (χ2n) is 6.43. The van der Waals surface area contributed by atoms with Gasteiger partial charge >= 0.3 is 0 Å². The third-order valence-corrected chi connectivity index (χ3v) is 4.04. The standard InChI is InChI=1S/C16H28N4O/c1-14-11-15(2)13-19(12-14)8-3-6-17-16(21)5-10-20-9-4-7-18-20/h4,7,9,14-15H,3,5-6,8,10-13H2,1-2H3,(H,17,21)/t14-,15-/m1/s1. The molecule has 0 bridgehead atoms. The van der Waals surface area contributed by atoms with Crippen LogP contribution in [0.4, 0.5) is 0 Å². The van der Waals surface area contributed by atoms with Crippen molar-refractivity contribution < 1.29 is 4.79 Å². The van der Waals surface area contributed by atoms with E-state index in [1.807, 2.05) is 12.3 Å². The molecular weight excluding hydrogens is 264 g/mol. The zero-order valence-electron chi connectivity index (χ0n) is 13.3. The van der Waals surface area contributed by atoms with E-state index in [0.29, 0.717) is 13.0 Å². The molecule has 118 valence electrons. The summed E-state index contributed by atoms with van der Waals surface area (Å²) in [6.45, 7) is 9.60. The van der Waals surface area contributed by atoms with Crippen LogP contribution in [0, 0.1) is 11.8 Å². The van der Waals surface area contributed by atoms with E-state index in [-0.39, 0.29) is 5.91 Å². The van der Waals surface area contributed by atoms with Gasteiger partial charge in [0.05, 0.1) is 0 Å². The second kappa shape index (κ2) is 8.17. The molecule has 21 heavy (non-hydrogen) atoms. The maximum atomic E-state index is 11.7. The van der Waals surface area contributed by atoms with Crippen molar-refractivity contribution in [1.82, 2.24) is 20.0 Å². The van der Waals surface area contributed by atoms with E-state index in [4.69, 9.17) is 0 Å². The Balaban J connectivity index is 1.53. The summed E-state index contributed by atoms with van der Waals surface area (Å²) in [5.41, 5.74) is 0. The van der Waals surface area contributed by atoms with Gasteiger partial charge in [-0.25, -0.2) is 0 Å². The molecular formula is C16H28N4O. The van der Waals surface area contributed by atoms with E-state index in [0.717, 1.165) is 31.3 Å². The van der Waals surface area contributed by atoms with E-state index in [1.54, 1.807) is 10.9 Å². The van der Waals surface area contributed by atoms with Crippen molar-refractivity contribution in [2.45, 2.75) is 39.7 Å². The molecule has 5 heteroatoms. The molecule has 2 rings (SSSR count). The Labute approximate surface area is 127 Å². The number of rotatable bonds is 7. The molecule has 1 aromatic heterocycles. The Morgan fingerprint density at radius 3 is 2.71 bits per heavy atom. The third-order valence-electron chi connectivity index (χ3n) is 4.04. The molecule has 2 atom stereocenters. The van der Waals surface area contributed by atoms with Crippen molar-refractivity contribution >= 4 is 5.91 Å². The van der Waals surface area contributed by atoms with Crippen LogP contribution < -0.4 is 5.32 Å². The lowest BCUT2D eigenvalue weighted by atomic mass is 9.92. The maximum absolute atomic E-state index is 11.7. The number of piperidine rings is 1. The molecule has 1 amide bonds. The maximum Gasteiger partial charge on any atom is 0.221 e. The molecule has 1 N–H and O–H groups in total. The van der Waals surface area contributed by atoms with Crippen molar-refractivity contribution in [3.05, 3.63) is 18.5 Å². The lowest BCUT2D eigenvalue weighted by Crippen LogP contribution is -2.40. The second-order valence-corrected chi connectivity index (χ2v) is 6.43. The summed E-state index contributed by atoms with van der Waals surface area (Å²) in [4.78, 5) is 14.3. The number of carbonyl (C=O) groups is 1. The van der Waals surface area contributed by atoms with E-state index in [1.165, 1.54) is 19.5 Å². The van der Waals surface area contributed by atoms with Crippen LogP contribution in [0.2, 0.25) is 0 Å². The predicted molar refractivity (Wildman–Crippen MR) is 83.9 cm³/mol. The molecule has 1 fully saturated rings. The van der Waals surface area contributed by atoms with Gasteiger partial charge in [-0.1, -0.05) is 13.8 Å². The Kier molecular flexibility index (Phi) is 6.23. The SMILES string of the molecule is C[C@@H]1C[C@@H](C)CN(CCCNC(=O)CCn2cccn2)C1. The molecule has 1 aromatic rings. The number of nitrogens with zero attached hydrogens (tertiary/aromatic N) is 3. The van der Waals surface area contributed by atoms with E-state index >= 15 is 0 Å². The quantitative estimate of drug-likeness (QED) is 0.779. The average Bonchev–Trinajstić information content (AvgIpc) is 2.93. The molecule has 1 saturated heterocycles. The highest BCUT2D eigenvalue weighted by molar-refractivity contribution is 5.75. The van der Waals surface area contributed by atoms with Gasteiger partial charge in [0.2, 0.25) is 5.91 Å². The Morgan fingerprint density at radius 2 is 2.05 bits per heavy atom. The number of nitrogens with one attached hydrogen (secondary N) is 1. The van der Waals surface area contributed by atoms with Crippen LogP contribution in [-0.4, -0.2) is 46.8 Å². The summed E-state index contributed by atoms with van der Waals surface area (Å²) in [6, 6.07) is 1.87. The number of aromatic nitrogens is 2. The molecule has 0 radical (unpaired) electrons. The van der Waals surface area contributed by atoms with Gasteiger partial charge in [-0.15, -0.1) is 0 Å². The fraction of sp³-hybridized carbons (Fsp3) is 0.750. The average molecular weight is 292 g/mol. The highest BCUT2D eigenvalue weighted by Gasteiger charge is 2.20. The first-order valence-electron chi connectivity index (χ1n) is 8.10. The first kappa shape index (κ1) is 16.0. The van der Waals surface area contributed by atoms with Crippen molar-refractivity contribution in [1.29, 1.82) is 0 Å². The summed E-state index contributed by atoms with van der Waals surface area (Å²) in [5.74, 6) is 1.72. The van der Waals surface area contributed by atoms with Crippen LogP contribution >= 0.6 is 0 Å². The van der Waals surface area contributed by atoms with Crippen LogP contribution in [0.3, 0.4) is 0 Å². The number of amides is 1. The van der Waals surface area contributed by atoms with Crippen molar-refractivity contribution in [3.63, 3.8) is 0 Å². The van der Waals surface area contributed by atoms with Crippen molar-refractivity contribution in [2.24, 2.45) is 11.8 Å². The molecule has 0 saturated carbocycles. The topological polar surface area (TPSA) is 50.2 Å². The fourth-order valence-corrected chi connectivity index (χ4v) is 3.24. The van der Waals surface area contributed by atoms with Gasteiger partial charge in [0.1, 0.15) is 0 Å². The molecule has 1 aliphatic heterocycles. The van der Waals surface area contributed by atoms with Crippen LogP contribution in [0.5, 0.6) is 0 Å². The monoisotopic (exact) mass is 292 g/mol. The summed E-state index contributed by atoms with van der Waals surface area (Å²) in [7, 11) is 0. The predicted octanol–water partition coefficient (Wildman–Crippen LogP) is 1.76. The molecule has 0 spiro atoms. The molecule has 2 heterocycles. The first-order chi connectivity index (χ1) is 10.1. The number of carbonyl (C=O) groups excluding carboxylic acids is 1. The molecule has 1 aliphatic rings. The lowest BCUT2D eigenvalue weighted by molar-refractivity contribution is -0.121. The van der Waals surface area contributed by atoms with Gasteiger partial charge in [-0.3, -0.25) is 9.48 Å². The summed E-state index contributed by atoms with van der Waals surface area (Å²) >= 11 is 0. The van der Waals surface area contributed by atoms with Crippen molar-refractivity contribution in [2.75, 3.05) is 26.2 Å². The van der Waals surface area contributed by atoms with Gasteiger partial charge in [-0.2, -0.15) is 5.10 Å². The molecule has 5 nitrogen and oxygen atoms in total. The van der Waals surface area contributed by atoms with Crippen LogP contribution in [0.15, 0.2) is 18.5 Å². The van der Waals surface area contributed by atoms with Crippen LogP contribution in [0.1, 0.15) is 33.1 Å². The molecule has 0 aromatic carbocycles. The third kappa shape index (κ3) is 5.87. The zero-order valence-corrected chi connectivity index (χ0v) is 13.3. The summed E-state index contributed by atoms with van der Waals surface area (Å²) < 4.78 is 1.79. The first-order valence-corrected chi connectivity index (χ1v) is 8.10. The lowest BCUT2D eigenvalue weighted by Gasteiger charge is -2.34. The van der Waals surface area contributed by atoms with E-state index in [2.05, 4.69) is 29.2 Å². The summed E-state index contributed by atoms with van der Waals surface area (Å²) in [6.07, 6.45) is 6.50. The molecule has 0 aliphatic carbocycles. The zero-order chi connectivity index (χ0) is 15.1. The number of aryl methyl sites for hydroxylation is 1. The minimum absolute atomic E-state index is 0.117. The minimum Gasteiger partial charge on any atom is -0.356 e. The highest BCUT2D eigenvalue weighted by atomic mass is 16.1. The molecule has 0 unspecified atom stereocenters. The highest BCUT2D eigenvalue weighted by Crippen LogP contribution is 2.20. The van der Waals surface area contributed by atoms with Crippen LogP contribution in [-0.2, 0) is 11.3 Å². The van der Waals surface area contributed by atoms with Gasteiger partial charge in [-0.05, 0) is 37.3 Å². The van der Waals surface area contributed by atoms with Gasteiger partial charge in [0.25, 0.3) is 0 Å². The Hall–Kier alpha value is -1.36. The van der Waals surface area contributed by atoms with Gasteiger partial charge < -0.3 is 10.2 Å². The Morgan fingerprint density at radius 1 is 1.29 bits per heavy atom. The van der Waals surface area contributed by atoms with Gasteiger partial charge in [0.15, 0.2) is 0 Å². The van der Waals surface area contributed by atoms with E-state index < -0.39 is 0 Å². The minimum atomic E-state index is 0.117. The summed E-state index contributed by atoms with van der Waals surface area (Å²) in [5, 5.41) is 7.09. The fourth-order valence-electron chi connectivity index (χ4n) is 3.24. The normalized spacial score (nSPS) is 23.1. The number of likely N-dealkylation sites (tertiary alicyclic amines) is 1.